The first-order chi connectivity index (χ1) is 10.8. The molecule has 1 aliphatic heterocycles. The second-order valence-corrected chi connectivity index (χ2v) is 8.12. The van der Waals surface area contributed by atoms with Gasteiger partial charge in [0, 0.05) is 10.9 Å². The first kappa shape index (κ1) is 18.1. The fourth-order valence-corrected chi connectivity index (χ4v) is 3.45. The molecule has 1 saturated heterocycles. The first-order valence-electron chi connectivity index (χ1n) is 7.45. The standard InChI is InChI=1S/C17H22BrN3OS/c1-4-5-7-12-10-17(11-12)14(22)21(3)15(19)20-16(17,2)9-6-8-13(18)23/h4-9,23H,10-11H2,1-3H3,(H2,19,20)/b5-4-,9-6+,12-7?,13-8-/t16-,17?/m1/s1. The van der Waals surface area contributed by atoms with Crippen molar-refractivity contribution in [1.29, 1.82) is 5.41 Å². The highest BCUT2D eigenvalue weighted by molar-refractivity contribution is 9.13. The third kappa shape index (κ3) is 3.19. The molecular weight excluding hydrogens is 374 g/mol. The Kier molecular flexibility index (Phi) is 5.26. The van der Waals surface area contributed by atoms with Gasteiger partial charge < -0.3 is 5.32 Å². The average Bonchev–Trinajstić information content (AvgIpc) is 2.42. The number of nitrogens with one attached hydrogen (secondary N) is 2. The van der Waals surface area contributed by atoms with Gasteiger partial charge in [0.15, 0.2) is 5.96 Å². The minimum absolute atomic E-state index is 0.0000492. The van der Waals surface area contributed by atoms with Crippen LogP contribution < -0.4 is 5.32 Å². The Morgan fingerprint density at radius 3 is 2.65 bits per heavy atom. The summed E-state index contributed by atoms with van der Waals surface area (Å²) in [4.78, 5) is 14.3. The molecule has 4 nitrogen and oxygen atoms in total. The van der Waals surface area contributed by atoms with Gasteiger partial charge in [-0.15, -0.1) is 12.6 Å². The van der Waals surface area contributed by atoms with E-state index >= 15 is 0 Å². The van der Waals surface area contributed by atoms with Crippen molar-refractivity contribution in [2.75, 3.05) is 7.05 Å². The van der Waals surface area contributed by atoms with Crippen molar-refractivity contribution < 1.29 is 4.79 Å². The number of carbonyl (C=O) groups is 1. The minimum atomic E-state index is -0.603. The summed E-state index contributed by atoms with van der Waals surface area (Å²) in [6.45, 7) is 3.96. The largest absolute Gasteiger partial charge is 0.346 e. The zero-order valence-electron chi connectivity index (χ0n) is 13.6. The Balaban J connectivity index is 2.38. The number of carbonyl (C=O) groups excluding carboxylic acids is 1. The number of hydrogen-bond donors (Lipinski definition) is 3. The van der Waals surface area contributed by atoms with Crippen LogP contribution in [0.1, 0.15) is 26.7 Å². The molecule has 1 amide bonds. The summed E-state index contributed by atoms with van der Waals surface area (Å²) in [5.74, 6) is 0.132. The van der Waals surface area contributed by atoms with E-state index in [1.165, 1.54) is 10.5 Å². The lowest BCUT2D eigenvalue weighted by molar-refractivity contribution is -0.146. The summed E-state index contributed by atoms with van der Waals surface area (Å²) >= 11 is 7.45. The fraction of sp³-hybridized carbons (Fsp3) is 0.412. The maximum atomic E-state index is 12.9. The molecule has 1 atom stereocenters. The second kappa shape index (κ2) is 6.69. The van der Waals surface area contributed by atoms with Crippen LogP contribution in [0.25, 0.3) is 0 Å². The monoisotopic (exact) mass is 395 g/mol. The fourth-order valence-electron chi connectivity index (χ4n) is 3.21. The summed E-state index contributed by atoms with van der Waals surface area (Å²) in [5, 5.41) is 11.2. The molecule has 0 aromatic carbocycles. The first-order valence-corrected chi connectivity index (χ1v) is 8.69. The smallest absolute Gasteiger partial charge is 0.238 e. The Hall–Kier alpha value is -1.27. The zero-order chi connectivity index (χ0) is 17.3. The SMILES string of the molecule is C/C=C\C=C1CC2(C1)C(=O)N(C)C(=N)N[C@]2(C)/C=C/C=C(\S)Br. The second-order valence-electron chi connectivity index (χ2n) is 6.17. The summed E-state index contributed by atoms with van der Waals surface area (Å²) < 4.78 is 0.711. The number of nitrogens with zero attached hydrogens (tertiary/aromatic N) is 1. The molecule has 0 bridgehead atoms. The van der Waals surface area contributed by atoms with Gasteiger partial charge in [-0.25, -0.2) is 0 Å². The number of amides is 1. The van der Waals surface area contributed by atoms with Gasteiger partial charge in [-0.1, -0.05) is 36.0 Å². The van der Waals surface area contributed by atoms with Gasteiger partial charge in [-0.2, -0.15) is 0 Å². The van der Waals surface area contributed by atoms with Gasteiger partial charge >= 0.3 is 0 Å². The van der Waals surface area contributed by atoms with E-state index in [0.29, 0.717) is 16.7 Å². The third-order valence-electron chi connectivity index (χ3n) is 4.67. The van der Waals surface area contributed by atoms with Crippen LogP contribution in [-0.4, -0.2) is 29.4 Å². The molecule has 1 heterocycles. The molecule has 0 unspecified atom stereocenters. The van der Waals surface area contributed by atoms with Gasteiger partial charge in [-0.3, -0.25) is 15.1 Å². The molecule has 0 aromatic heterocycles. The van der Waals surface area contributed by atoms with Gasteiger partial charge in [0.25, 0.3) is 0 Å². The van der Waals surface area contributed by atoms with E-state index in [-0.39, 0.29) is 11.9 Å². The van der Waals surface area contributed by atoms with E-state index in [9.17, 15) is 4.79 Å². The van der Waals surface area contributed by atoms with Crippen LogP contribution >= 0.6 is 28.6 Å². The van der Waals surface area contributed by atoms with E-state index < -0.39 is 11.0 Å². The third-order valence-corrected chi connectivity index (χ3v) is 5.08. The maximum absolute atomic E-state index is 12.9. The van der Waals surface area contributed by atoms with Gasteiger partial charge in [0.1, 0.15) is 0 Å². The molecule has 124 valence electrons. The maximum Gasteiger partial charge on any atom is 0.238 e. The van der Waals surface area contributed by atoms with Crippen molar-refractivity contribution in [1.82, 2.24) is 10.2 Å². The summed E-state index contributed by atoms with van der Waals surface area (Å²) in [6.07, 6.45) is 13.1. The lowest BCUT2D eigenvalue weighted by Gasteiger charge is -2.58. The van der Waals surface area contributed by atoms with Crippen molar-refractivity contribution in [3.63, 3.8) is 0 Å². The van der Waals surface area contributed by atoms with Crippen molar-refractivity contribution in [2.45, 2.75) is 32.2 Å². The van der Waals surface area contributed by atoms with Crippen LogP contribution in [-0.2, 0) is 4.79 Å². The molecule has 23 heavy (non-hydrogen) atoms. The number of rotatable bonds is 3. The number of thiol groups is 1. The van der Waals surface area contributed by atoms with Gasteiger partial charge in [0.2, 0.25) is 5.91 Å². The number of hydrogen-bond acceptors (Lipinski definition) is 3. The van der Waals surface area contributed by atoms with Crippen molar-refractivity contribution in [2.24, 2.45) is 5.41 Å². The average molecular weight is 396 g/mol. The topological polar surface area (TPSA) is 56.2 Å². The van der Waals surface area contributed by atoms with E-state index in [4.69, 9.17) is 5.41 Å². The lowest BCUT2D eigenvalue weighted by Crippen LogP contribution is -2.73. The molecule has 2 rings (SSSR count). The highest BCUT2D eigenvalue weighted by atomic mass is 79.9. The molecule has 1 aliphatic carbocycles. The summed E-state index contributed by atoms with van der Waals surface area (Å²) in [6, 6.07) is 0. The molecule has 0 aromatic rings. The van der Waals surface area contributed by atoms with Crippen molar-refractivity contribution in [3.8, 4) is 0 Å². The van der Waals surface area contributed by atoms with Crippen LogP contribution in [0, 0.1) is 10.8 Å². The molecule has 2 fully saturated rings. The van der Waals surface area contributed by atoms with Crippen LogP contribution in [0.5, 0.6) is 0 Å². The van der Waals surface area contributed by atoms with Crippen LogP contribution in [0.3, 0.4) is 0 Å². The predicted octanol–water partition coefficient (Wildman–Crippen LogP) is 3.75. The van der Waals surface area contributed by atoms with E-state index in [1.807, 2.05) is 44.2 Å². The molecule has 6 heteroatoms. The summed E-state index contributed by atoms with van der Waals surface area (Å²) in [5.41, 5.74) is 0.103. The molecule has 0 radical (unpaired) electrons. The Labute approximate surface area is 151 Å². The number of guanidine groups is 1. The molecule has 1 spiro atoms. The van der Waals surface area contributed by atoms with Crippen molar-refractivity contribution >= 4 is 40.4 Å². The molecular formula is C17H22BrN3OS. The molecule has 1 saturated carbocycles. The normalized spacial score (nSPS) is 32.0. The molecule has 2 N–H and O–H groups in total. The van der Waals surface area contributed by atoms with Gasteiger partial charge in [0.05, 0.1) is 11.0 Å². The summed E-state index contributed by atoms with van der Waals surface area (Å²) in [7, 11) is 1.65. The predicted molar refractivity (Wildman–Crippen MR) is 102 cm³/mol. The van der Waals surface area contributed by atoms with E-state index in [0.717, 1.165) is 0 Å². The van der Waals surface area contributed by atoms with Gasteiger partial charge in [-0.05, 0) is 48.7 Å². The minimum Gasteiger partial charge on any atom is -0.346 e. The zero-order valence-corrected chi connectivity index (χ0v) is 16.0. The Morgan fingerprint density at radius 2 is 2.09 bits per heavy atom. The Morgan fingerprint density at radius 1 is 1.43 bits per heavy atom. The Bertz CT molecular complexity index is 638. The number of allylic oxidation sites excluding steroid dienone is 6. The number of halogens is 1. The van der Waals surface area contributed by atoms with Crippen LogP contribution in [0.15, 0.2) is 45.8 Å². The van der Waals surface area contributed by atoms with E-state index in [1.54, 1.807) is 7.05 Å². The van der Waals surface area contributed by atoms with Crippen molar-refractivity contribution in [3.05, 3.63) is 45.8 Å². The van der Waals surface area contributed by atoms with E-state index in [2.05, 4.69) is 40.0 Å². The molecule has 2 aliphatic rings. The lowest BCUT2D eigenvalue weighted by atomic mass is 9.53. The van der Waals surface area contributed by atoms with Crippen LogP contribution in [0.2, 0.25) is 0 Å². The quantitative estimate of drug-likeness (QED) is 0.503. The highest BCUT2D eigenvalue weighted by Gasteiger charge is 2.62. The highest BCUT2D eigenvalue weighted by Crippen LogP contribution is 2.55. The van der Waals surface area contributed by atoms with Crippen LogP contribution in [0.4, 0.5) is 0 Å².